The Kier molecular flexibility index (Phi) is 5.11. The second kappa shape index (κ2) is 7.48. The van der Waals surface area contributed by atoms with Gasteiger partial charge < -0.3 is 10.1 Å². The Morgan fingerprint density at radius 1 is 1.24 bits per heavy atom. The summed E-state index contributed by atoms with van der Waals surface area (Å²) in [6.45, 7) is 7.05. The van der Waals surface area contributed by atoms with Crippen molar-refractivity contribution >= 4 is 28.2 Å². The Bertz CT molecular complexity index is 758. The standard InChI is InChI=1S/C20H26ClN3O/c1-14(13-24-8-10-25-11-9-24)22-20-16-4-2-3-5-18(16)23-19-12-15(21)6-7-17(19)20/h6-7,12,14H,2-5,8-11,13H2,1H3,(H,22,23). The molecule has 1 aromatic heterocycles. The number of nitrogens with one attached hydrogen (secondary N) is 1. The van der Waals surface area contributed by atoms with Gasteiger partial charge in [0.05, 0.1) is 18.7 Å². The van der Waals surface area contributed by atoms with Gasteiger partial charge in [-0.25, -0.2) is 0 Å². The molecular weight excluding hydrogens is 334 g/mol. The van der Waals surface area contributed by atoms with E-state index in [2.05, 4.69) is 23.2 Å². The van der Waals surface area contributed by atoms with E-state index in [1.54, 1.807) is 0 Å². The summed E-state index contributed by atoms with van der Waals surface area (Å²) in [6.07, 6.45) is 4.67. The number of pyridine rings is 1. The van der Waals surface area contributed by atoms with E-state index in [-0.39, 0.29) is 0 Å². The first kappa shape index (κ1) is 17.1. The summed E-state index contributed by atoms with van der Waals surface area (Å²) in [4.78, 5) is 7.39. The van der Waals surface area contributed by atoms with Crippen molar-refractivity contribution in [2.45, 2.75) is 38.6 Å². The van der Waals surface area contributed by atoms with Crippen LogP contribution in [0, 0.1) is 0 Å². The fourth-order valence-electron chi connectivity index (χ4n) is 4.03. The molecule has 1 saturated heterocycles. The van der Waals surface area contributed by atoms with E-state index in [1.165, 1.54) is 35.2 Å². The molecule has 1 unspecified atom stereocenters. The lowest BCUT2D eigenvalue weighted by molar-refractivity contribution is 0.0368. The first-order valence-corrected chi connectivity index (χ1v) is 9.76. The summed E-state index contributed by atoms with van der Waals surface area (Å²) < 4.78 is 5.46. The van der Waals surface area contributed by atoms with Gasteiger partial charge in [-0.3, -0.25) is 9.88 Å². The first-order valence-electron chi connectivity index (χ1n) is 9.38. The number of hydrogen-bond acceptors (Lipinski definition) is 4. The Morgan fingerprint density at radius 3 is 2.88 bits per heavy atom. The topological polar surface area (TPSA) is 37.4 Å². The fraction of sp³-hybridized carbons (Fsp3) is 0.550. The lowest BCUT2D eigenvalue weighted by Crippen LogP contribution is -2.42. The van der Waals surface area contributed by atoms with E-state index in [9.17, 15) is 0 Å². The van der Waals surface area contributed by atoms with Gasteiger partial charge in [0.2, 0.25) is 0 Å². The van der Waals surface area contributed by atoms with Gasteiger partial charge in [0.1, 0.15) is 0 Å². The maximum absolute atomic E-state index is 6.21. The van der Waals surface area contributed by atoms with Crippen LogP contribution in [0.3, 0.4) is 0 Å². The zero-order valence-electron chi connectivity index (χ0n) is 14.9. The normalized spacial score (nSPS) is 19.6. The van der Waals surface area contributed by atoms with Crippen molar-refractivity contribution in [3.8, 4) is 0 Å². The quantitative estimate of drug-likeness (QED) is 0.898. The van der Waals surface area contributed by atoms with Gasteiger partial charge >= 0.3 is 0 Å². The largest absolute Gasteiger partial charge is 0.380 e. The van der Waals surface area contributed by atoms with Crippen molar-refractivity contribution in [3.63, 3.8) is 0 Å². The summed E-state index contributed by atoms with van der Waals surface area (Å²) in [5.74, 6) is 0. The van der Waals surface area contributed by atoms with Gasteiger partial charge in [-0.1, -0.05) is 11.6 Å². The van der Waals surface area contributed by atoms with Gasteiger partial charge in [0.15, 0.2) is 0 Å². The van der Waals surface area contributed by atoms with Crippen molar-refractivity contribution in [1.82, 2.24) is 9.88 Å². The fourth-order valence-corrected chi connectivity index (χ4v) is 4.19. The highest BCUT2D eigenvalue weighted by Crippen LogP contribution is 2.34. The molecule has 4 rings (SSSR count). The predicted molar refractivity (Wildman–Crippen MR) is 104 cm³/mol. The van der Waals surface area contributed by atoms with Crippen molar-refractivity contribution in [3.05, 3.63) is 34.5 Å². The predicted octanol–water partition coefficient (Wildman–Crippen LogP) is 3.90. The average molecular weight is 360 g/mol. The molecule has 0 radical (unpaired) electrons. The zero-order valence-corrected chi connectivity index (χ0v) is 15.6. The maximum Gasteiger partial charge on any atom is 0.0741 e. The Morgan fingerprint density at radius 2 is 2.04 bits per heavy atom. The molecule has 1 aliphatic carbocycles. The van der Waals surface area contributed by atoms with E-state index in [1.807, 2.05) is 12.1 Å². The number of halogens is 1. The van der Waals surface area contributed by atoms with Gasteiger partial charge in [0.25, 0.3) is 0 Å². The summed E-state index contributed by atoms with van der Waals surface area (Å²) in [7, 11) is 0. The first-order chi connectivity index (χ1) is 12.2. The van der Waals surface area contributed by atoms with E-state index in [0.29, 0.717) is 6.04 Å². The molecule has 5 heteroatoms. The highest BCUT2D eigenvalue weighted by Gasteiger charge is 2.20. The number of nitrogens with zero attached hydrogens (tertiary/aromatic N) is 2. The number of morpholine rings is 1. The van der Waals surface area contributed by atoms with Crippen LogP contribution in [-0.4, -0.2) is 48.8 Å². The molecule has 4 nitrogen and oxygen atoms in total. The second-order valence-electron chi connectivity index (χ2n) is 7.24. The third-order valence-corrected chi connectivity index (χ3v) is 5.49. The molecule has 1 aliphatic heterocycles. The van der Waals surface area contributed by atoms with Crippen LogP contribution in [0.5, 0.6) is 0 Å². The molecule has 0 bridgehead atoms. The van der Waals surface area contributed by atoms with E-state index < -0.39 is 0 Å². The molecule has 0 saturated carbocycles. The molecule has 1 N–H and O–H groups in total. The molecule has 0 amide bonds. The van der Waals surface area contributed by atoms with E-state index in [4.69, 9.17) is 21.3 Å². The van der Waals surface area contributed by atoms with Crippen molar-refractivity contribution < 1.29 is 4.74 Å². The monoisotopic (exact) mass is 359 g/mol. The molecular formula is C20H26ClN3O. The molecule has 2 aliphatic rings. The number of hydrogen-bond donors (Lipinski definition) is 1. The van der Waals surface area contributed by atoms with Crippen LogP contribution in [0.2, 0.25) is 5.02 Å². The highest BCUT2D eigenvalue weighted by molar-refractivity contribution is 6.31. The lowest BCUT2D eigenvalue weighted by Gasteiger charge is -2.31. The Labute approximate surface area is 154 Å². The minimum Gasteiger partial charge on any atom is -0.380 e. The molecule has 1 aromatic carbocycles. The second-order valence-corrected chi connectivity index (χ2v) is 7.68. The molecule has 1 atom stereocenters. The van der Waals surface area contributed by atoms with Crippen molar-refractivity contribution in [2.75, 3.05) is 38.2 Å². The SMILES string of the molecule is CC(CN1CCOCC1)Nc1c2c(nc3cc(Cl)ccc13)CCCC2. The summed E-state index contributed by atoms with van der Waals surface area (Å²) >= 11 is 6.21. The number of rotatable bonds is 4. The summed E-state index contributed by atoms with van der Waals surface area (Å²) in [5.41, 5.74) is 4.95. The van der Waals surface area contributed by atoms with Gasteiger partial charge in [-0.2, -0.15) is 0 Å². The van der Waals surface area contributed by atoms with E-state index >= 15 is 0 Å². The van der Waals surface area contributed by atoms with Crippen LogP contribution in [0.15, 0.2) is 18.2 Å². The number of benzene rings is 1. The number of aryl methyl sites for hydroxylation is 1. The van der Waals surface area contributed by atoms with Crippen LogP contribution in [0.4, 0.5) is 5.69 Å². The smallest absolute Gasteiger partial charge is 0.0741 e. The van der Waals surface area contributed by atoms with Crippen LogP contribution >= 0.6 is 11.6 Å². The molecule has 0 spiro atoms. The minimum absolute atomic E-state index is 0.380. The highest BCUT2D eigenvalue weighted by atomic mass is 35.5. The van der Waals surface area contributed by atoms with Crippen LogP contribution in [0.25, 0.3) is 10.9 Å². The number of ether oxygens (including phenoxy) is 1. The summed E-state index contributed by atoms with van der Waals surface area (Å²) in [6, 6.07) is 6.45. The van der Waals surface area contributed by atoms with Crippen LogP contribution < -0.4 is 5.32 Å². The Balaban J connectivity index is 1.64. The van der Waals surface area contributed by atoms with Crippen molar-refractivity contribution in [1.29, 1.82) is 0 Å². The number of fused-ring (bicyclic) bond motifs is 2. The molecule has 2 heterocycles. The maximum atomic E-state index is 6.21. The van der Waals surface area contributed by atoms with Crippen LogP contribution in [-0.2, 0) is 17.6 Å². The van der Waals surface area contributed by atoms with Gasteiger partial charge in [-0.15, -0.1) is 0 Å². The third kappa shape index (κ3) is 3.76. The van der Waals surface area contributed by atoms with Gasteiger partial charge in [0, 0.05) is 47.5 Å². The average Bonchev–Trinajstić information content (AvgIpc) is 2.62. The lowest BCUT2D eigenvalue weighted by atomic mass is 9.92. The zero-order chi connectivity index (χ0) is 17.2. The van der Waals surface area contributed by atoms with Gasteiger partial charge in [-0.05, 0) is 56.4 Å². The molecule has 25 heavy (non-hydrogen) atoms. The molecule has 2 aromatic rings. The van der Waals surface area contributed by atoms with E-state index in [0.717, 1.165) is 56.2 Å². The Hall–Kier alpha value is -1.36. The molecule has 134 valence electrons. The number of anilines is 1. The number of aromatic nitrogens is 1. The molecule has 1 fully saturated rings. The summed E-state index contributed by atoms with van der Waals surface area (Å²) in [5, 5.41) is 5.76. The van der Waals surface area contributed by atoms with Crippen molar-refractivity contribution in [2.24, 2.45) is 0 Å². The minimum atomic E-state index is 0.380. The van der Waals surface area contributed by atoms with Crippen LogP contribution in [0.1, 0.15) is 31.0 Å². The third-order valence-electron chi connectivity index (χ3n) is 5.25.